The van der Waals surface area contributed by atoms with Gasteiger partial charge in [-0.1, -0.05) is 11.6 Å². The van der Waals surface area contributed by atoms with Crippen molar-refractivity contribution in [1.82, 2.24) is 0 Å². The fourth-order valence-electron chi connectivity index (χ4n) is 1.34. The number of hydrogen-bond acceptors (Lipinski definition) is 2. The fourth-order valence-corrected chi connectivity index (χ4v) is 1.34. The van der Waals surface area contributed by atoms with Gasteiger partial charge in [-0.2, -0.15) is 4.39 Å². The molecule has 0 fully saturated rings. The molecular weight excluding hydrogens is 200 g/mol. The maximum Gasteiger partial charge on any atom is 0.200 e. The number of rotatable bonds is 3. The van der Waals surface area contributed by atoms with Gasteiger partial charge < -0.3 is 10.8 Å². The zero-order chi connectivity index (χ0) is 11.6. The van der Waals surface area contributed by atoms with Crippen LogP contribution in [-0.4, -0.2) is 5.11 Å². The Labute approximate surface area is 87.0 Å². The van der Waals surface area contributed by atoms with E-state index in [0.717, 1.165) is 11.6 Å². The normalized spacial score (nSPS) is 12.5. The summed E-state index contributed by atoms with van der Waals surface area (Å²) in [6.45, 7) is 5.44. The lowest BCUT2D eigenvalue weighted by Gasteiger charge is -2.13. The highest BCUT2D eigenvalue weighted by atomic mass is 19.2. The van der Waals surface area contributed by atoms with Crippen LogP contribution in [0.2, 0.25) is 0 Å². The van der Waals surface area contributed by atoms with Crippen LogP contribution in [0.15, 0.2) is 24.3 Å². The van der Waals surface area contributed by atoms with Crippen molar-refractivity contribution in [3.8, 4) is 5.75 Å². The van der Waals surface area contributed by atoms with Crippen molar-refractivity contribution >= 4 is 0 Å². The standard InChI is InChI=1S/C11H13F2NO/c1-6(2)5-9(14)7-3-4-8(12)10(13)11(7)15/h3-4,9,15H,1,5,14H2,2H3/t9-/m1/s1. The second kappa shape index (κ2) is 4.40. The van der Waals surface area contributed by atoms with Crippen LogP contribution in [0.4, 0.5) is 8.78 Å². The van der Waals surface area contributed by atoms with Gasteiger partial charge in [0, 0.05) is 11.6 Å². The van der Waals surface area contributed by atoms with E-state index < -0.39 is 23.4 Å². The molecule has 15 heavy (non-hydrogen) atoms. The van der Waals surface area contributed by atoms with Crippen LogP contribution < -0.4 is 5.73 Å². The van der Waals surface area contributed by atoms with Crippen molar-refractivity contribution in [2.24, 2.45) is 5.73 Å². The van der Waals surface area contributed by atoms with E-state index in [1.807, 2.05) is 0 Å². The lowest BCUT2D eigenvalue weighted by molar-refractivity contribution is 0.397. The first-order valence-corrected chi connectivity index (χ1v) is 4.50. The SMILES string of the molecule is C=C(C)C[C@@H](N)c1ccc(F)c(F)c1O. The van der Waals surface area contributed by atoms with Gasteiger partial charge in [-0.3, -0.25) is 0 Å². The van der Waals surface area contributed by atoms with Crippen LogP contribution >= 0.6 is 0 Å². The molecule has 1 aromatic rings. The van der Waals surface area contributed by atoms with E-state index in [0.29, 0.717) is 6.42 Å². The Balaban J connectivity index is 3.05. The molecule has 0 heterocycles. The van der Waals surface area contributed by atoms with E-state index in [2.05, 4.69) is 6.58 Å². The molecule has 0 amide bonds. The van der Waals surface area contributed by atoms with Gasteiger partial charge in [0.25, 0.3) is 0 Å². The minimum absolute atomic E-state index is 0.192. The summed E-state index contributed by atoms with van der Waals surface area (Å²) in [6.07, 6.45) is 0.415. The van der Waals surface area contributed by atoms with Crippen molar-refractivity contribution in [2.75, 3.05) is 0 Å². The molecule has 1 rings (SSSR count). The van der Waals surface area contributed by atoms with Crippen LogP contribution in [0.25, 0.3) is 0 Å². The Morgan fingerprint density at radius 1 is 1.53 bits per heavy atom. The van der Waals surface area contributed by atoms with E-state index in [9.17, 15) is 13.9 Å². The van der Waals surface area contributed by atoms with Gasteiger partial charge in [0.2, 0.25) is 5.82 Å². The maximum atomic E-state index is 13.0. The molecular formula is C11H13F2NO. The topological polar surface area (TPSA) is 46.2 Å². The summed E-state index contributed by atoms with van der Waals surface area (Å²) in [5.74, 6) is -3.06. The first-order valence-electron chi connectivity index (χ1n) is 4.50. The Morgan fingerprint density at radius 3 is 2.67 bits per heavy atom. The van der Waals surface area contributed by atoms with Crippen molar-refractivity contribution in [1.29, 1.82) is 0 Å². The smallest absolute Gasteiger partial charge is 0.200 e. The van der Waals surface area contributed by atoms with Crippen LogP contribution in [0.3, 0.4) is 0 Å². The fraction of sp³-hybridized carbons (Fsp3) is 0.273. The van der Waals surface area contributed by atoms with E-state index in [1.165, 1.54) is 6.07 Å². The Kier molecular flexibility index (Phi) is 3.42. The molecule has 1 aromatic carbocycles. The van der Waals surface area contributed by atoms with Crippen LogP contribution in [-0.2, 0) is 0 Å². The molecule has 4 heteroatoms. The van der Waals surface area contributed by atoms with Gasteiger partial charge >= 0.3 is 0 Å². The average Bonchev–Trinajstić information content (AvgIpc) is 2.13. The number of benzene rings is 1. The van der Waals surface area contributed by atoms with Crippen molar-refractivity contribution < 1.29 is 13.9 Å². The summed E-state index contributed by atoms with van der Waals surface area (Å²) >= 11 is 0. The first kappa shape index (κ1) is 11.7. The Morgan fingerprint density at radius 2 is 2.13 bits per heavy atom. The summed E-state index contributed by atoms with van der Waals surface area (Å²) < 4.78 is 25.7. The number of phenolic OH excluding ortho intramolecular Hbond substituents is 1. The molecule has 0 saturated carbocycles. The molecule has 82 valence electrons. The lowest BCUT2D eigenvalue weighted by atomic mass is 10.00. The largest absolute Gasteiger partial charge is 0.505 e. The predicted octanol–water partition coefficient (Wildman–Crippen LogP) is 2.64. The summed E-state index contributed by atoms with van der Waals surface area (Å²) in [5, 5.41) is 9.34. The second-order valence-electron chi connectivity index (χ2n) is 3.57. The van der Waals surface area contributed by atoms with Crippen LogP contribution in [0.5, 0.6) is 5.75 Å². The third-order valence-corrected chi connectivity index (χ3v) is 2.07. The highest BCUT2D eigenvalue weighted by Crippen LogP contribution is 2.30. The zero-order valence-electron chi connectivity index (χ0n) is 8.43. The van der Waals surface area contributed by atoms with E-state index in [-0.39, 0.29) is 5.56 Å². The molecule has 0 aliphatic carbocycles. The van der Waals surface area contributed by atoms with Gasteiger partial charge in [0.05, 0.1) is 0 Å². The zero-order valence-corrected chi connectivity index (χ0v) is 8.43. The third kappa shape index (κ3) is 2.53. The summed E-state index contributed by atoms with van der Waals surface area (Å²) in [5.41, 5.74) is 6.71. The van der Waals surface area contributed by atoms with Crippen molar-refractivity contribution in [3.63, 3.8) is 0 Å². The molecule has 0 aliphatic heterocycles. The molecule has 2 nitrogen and oxygen atoms in total. The van der Waals surface area contributed by atoms with Crippen molar-refractivity contribution in [2.45, 2.75) is 19.4 Å². The minimum Gasteiger partial charge on any atom is -0.505 e. The van der Waals surface area contributed by atoms with Gasteiger partial charge in [0.15, 0.2) is 11.6 Å². The summed E-state index contributed by atoms with van der Waals surface area (Å²) in [4.78, 5) is 0. The Bertz CT molecular complexity index is 390. The molecule has 1 atom stereocenters. The van der Waals surface area contributed by atoms with Gasteiger partial charge in [-0.25, -0.2) is 4.39 Å². The van der Waals surface area contributed by atoms with Gasteiger partial charge in [0.1, 0.15) is 0 Å². The third-order valence-electron chi connectivity index (χ3n) is 2.07. The molecule has 0 aromatic heterocycles. The highest BCUT2D eigenvalue weighted by Gasteiger charge is 2.17. The number of halogens is 2. The average molecular weight is 213 g/mol. The predicted molar refractivity (Wildman–Crippen MR) is 54.4 cm³/mol. The quantitative estimate of drug-likeness (QED) is 0.758. The van der Waals surface area contributed by atoms with Gasteiger partial charge in [-0.15, -0.1) is 6.58 Å². The number of phenols is 1. The molecule has 3 N–H and O–H groups in total. The Hall–Kier alpha value is -1.42. The van der Waals surface area contributed by atoms with E-state index in [1.54, 1.807) is 6.92 Å². The first-order chi connectivity index (χ1) is 6.93. The number of nitrogens with two attached hydrogens (primary N) is 1. The van der Waals surface area contributed by atoms with Crippen molar-refractivity contribution in [3.05, 3.63) is 41.5 Å². The maximum absolute atomic E-state index is 13.0. The van der Waals surface area contributed by atoms with Crippen LogP contribution in [0.1, 0.15) is 24.9 Å². The van der Waals surface area contributed by atoms with E-state index >= 15 is 0 Å². The van der Waals surface area contributed by atoms with Crippen LogP contribution in [0, 0.1) is 11.6 Å². The molecule has 0 spiro atoms. The summed E-state index contributed by atoms with van der Waals surface area (Å²) in [6, 6.07) is 1.65. The highest BCUT2D eigenvalue weighted by molar-refractivity contribution is 5.37. The molecule has 0 unspecified atom stereocenters. The van der Waals surface area contributed by atoms with E-state index in [4.69, 9.17) is 5.73 Å². The number of aromatic hydroxyl groups is 1. The monoisotopic (exact) mass is 213 g/mol. The number of hydrogen-bond donors (Lipinski definition) is 2. The minimum atomic E-state index is -1.26. The second-order valence-corrected chi connectivity index (χ2v) is 3.57. The lowest BCUT2D eigenvalue weighted by Crippen LogP contribution is -2.11. The molecule has 0 saturated heterocycles. The molecule has 0 aliphatic rings. The van der Waals surface area contributed by atoms with Gasteiger partial charge in [-0.05, 0) is 19.4 Å². The molecule has 0 radical (unpaired) electrons. The summed E-state index contributed by atoms with van der Waals surface area (Å²) in [7, 11) is 0. The molecule has 0 bridgehead atoms.